The molecule has 1 amide bonds. The molecule has 1 aliphatic heterocycles. The topological polar surface area (TPSA) is 89.4 Å². The number of carbonyl (C=O) groups excluding carboxylic acids is 2. The zero-order chi connectivity index (χ0) is 34.6. The Hall–Kier alpha value is -4.61. The van der Waals surface area contributed by atoms with Gasteiger partial charge in [0.25, 0.3) is 5.91 Å². The largest absolute Gasteiger partial charge is 0.581 e. The summed E-state index contributed by atoms with van der Waals surface area (Å²) in [7, 11) is 0. The summed E-state index contributed by atoms with van der Waals surface area (Å²) in [4.78, 5) is 34.1. The minimum absolute atomic E-state index is 0.0186. The summed E-state index contributed by atoms with van der Waals surface area (Å²) >= 11 is 5.60. The Morgan fingerprint density at radius 1 is 1.00 bits per heavy atom. The molecule has 10 nitrogen and oxygen atoms in total. The summed E-state index contributed by atoms with van der Waals surface area (Å²) in [6, 6.07) is 14.8. The van der Waals surface area contributed by atoms with Crippen molar-refractivity contribution >= 4 is 46.5 Å². The number of anilines is 2. The van der Waals surface area contributed by atoms with Gasteiger partial charge in [-0.1, -0.05) is 24.3 Å². The van der Waals surface area contributed by atoms with Crippen LogP contribution in [0.15, 0.2) is 60.9 Å². The number of esters is 1. The molecule has 47 heavy (non-hydrogen) atoms. The fourth-order valence-electron chi connectivity index (χ4n) is 4.82. The average molecular weight is 671 g/mol. The van der Waals surface area contributed by atoms with E-state index < -0.39 is 35.3 Å². The van der Waals surface area contributed by atoms with Gasteiger partial charge < -0.3 is 19.1 Å². The quantitative estimate of drug-likeness (QED) is 0.0752. The molecule has 2 aromatic carbocycles. The third kappa shape index (κ3) is 8.41. The second-order valence-electron chi connectivity index (χ2n) is 12.1. The van der Waals surface area contributed by atoms with Crippen LogP contribution in [0.1, 0.15) is 47.5 Å². The van der Waals surface area contributed by atoms with Crippen molar-refractivity contribution in [2.24, 2.45) is 0 Å². The molecule has 0 radical (unpaired) electrons. The number of rotatable bonds is 11. The number of hydrogen-bond acceptors (Lipinski definition) is 7. The highest BCUT2D eigenvalue weighted by molar-refractivity contribution is 7.81. The predicted octanol–water partition coefficient (Wildman–Crippen LogP) is 6.50. The molecule has 2 heterocycles. The highest BCUT2D eigenvalue weighted by Crippen LogP contribution is 2.37. The van der Waals surface area contributed by atoms with Crippen LogP contribution in [0.5, 0.6) is 5.75 Å². The molecule has 248 valence electrons. The maximum atomic E-state index is 13.6. The maximum Gasteiger partial charge on any atom is 0.581 e. The average Bonchev–Trinajstić information content (AvgIpc) is 3.18. The minimum atomic E-state index is -4.91. The number of halogens is 3. The molecule has 14 heteroatoms. The van der Waals surface area contributed by atoms with Crippen molar-refractivity contribution in [2.75, 3.05) is 29.6 Å². The Bertz CT molecular complexity index is 1670. The molecule has 1 fully saturated rings. The van der Waals surface area contributed by atoms with Crippen LogP contribution in [-0.2, 0) is 25.4 Å². The van der Waals surface area contributed by atoms with E-state index >= 15 is 0 Å². The lowest BCUT2D eigenvalue weighted by atomic mass is 10.0. The Morgan fingerprint density at radius 3 is 2.17 bits per heavy atom. The van der Waals surface area contributed by atoms with Crippen LogP contribution in [0.25, 0.3) is 16.0 Å². The summed E-state index contributed by atoms with van der Waals surface area (Å²) in [6.07, 6.45) is -1.77. The SMILES string of the molecule is [C-]#[N+]c1ncc(N2C(=O)C(C)(C)N(c3ccc(-c4ccc(OCCCCOCC(=O)OC(C)(C)C)cc4)cc3)C2=S)c[n+]1C(F)(F)F. The van der Waals surface area contributed by atoms with Gasteiger partial charge in [0.05, 0.1) is 6.61 Å². The summed E-state index contributed by atoms with van der Waals surface area (Å²) < 4.78 is 56.8. The van der Waals surface area contributed by atoms with Crippen LogP contribution < -0.4 is 19.1 Å². The van der Waals surface area contributed by atoms with Gasteiger partial charge in [-0.15, -0.1) is 17.7 Å². The second kappa shape index (κ2) is 14.0. The van der Waals surface area contributed by atoms with Gasteiger partial charge in [-0.3, -0.25) is 9.64 Å². The molecule has 0 aliphatic carbocycles. The van der Waals surface area contributed by atoms with Gasteiger partial charge in [0.1, 0.15) is 35.4 Å². The number of carbonyl (C=O) groups is 2. The first-order valence-electron chi connectivity index (χ1n) is 14.7. The first kappa shape index (κ1) is 35.2. The second-order valence-corrected chi connectivity index (χ2v) is 12.5. The standard InChI is InChI=1S/C33H35F3N5O5S/c1-31(2,3)46-27(42)21-44-17-7-8-18-45-26-15-11-23(12-16-26)22-9-13-24(14-10-22)41-30(47)40(28(43)32(41,4)5)25-19-38-29(37-6)39(20-25)33(34,35)36/h9-16,19-20H,7-8,17-18,21H2,1-5H3/q+1. The fraction of sp³-hybridized carbons (Fsp3) is 0.394. The molecule has 0 unspecified atom stereocenters. The number of alkyl halides is 3. The molecular formula is C33H35F3N5O5S+. The summed E-state index contributed by atoms with van der Waals surface area (Å²) in [5, 5.41) is -0.0186. The molecule has 1 aromatic heterocycles. The number of ether oxygens (including phenoxy) is 3. The highest BCUT2D eigenvalue weighted by atomic mass is 32.1. The number of thiocarbonyl (C=S) groups is 1. The Balaban J connectivity index is 1.36. The van der Waals surface area contributed by atoms with Gasteiger partial charge in [0.2, 0.25) is 0 Å². The number of benzene rings is 2. The zero-order valence-electron chi connectivity index (χ0n) is 26.6. The van der Waals surface area contributed by atoms with E-state index in [4.69, 9.17) is 33.0 Å². The molecule has 0 spiro atoms. The van der Waals surface area contributed by atoms with Crippen LogP contribution in [0.2, 0.25) is 0 Å². The Labute approximate surface area is 276 Å². The third-order valence-corrected chi connectivity index (χ3v) is 7.36. The predicted molar refractivity (Wildman–Crippen MR) is 172 cm³/mol. The first-order chi connectivity index (χ1) is 22.0. The Morgan fingerprint density at radius 2 is 1.60 bits per heavy atom. The van der Waals surface area contributed by atoms with Crippen molar-refractivity contribution in [1.29, 1.82) is 0 Å². The van der Waals surface area contributed by atoms with Crippen LogP contribution in [-0.4, -0.2) is 52.9 Å². The normalized spacial score (nSPS) is 14.7. The van der Waals surface area contributed by atoms with Gasteiger partial charge >= 0.3 is 18.2 Å². The van der Waals surface area contributed by atoms with E-state index in [2.05, 4.69) is 9.83 Å². The number of aromatic nitrogens is 2. The lowest BCUT2D eigenvalue weighted by molar-refractivity contribution is -0.844. The third-order valence-electron chi connectivity index (χ3n) is 6.99. The van der Waals surface area contributed by atoms with Crippen molar-refractivity contribution in [3.05, 3.63) is 72.3 Å². The summed E-state index contributed by atoms with van der Waals surface area (Å²) in [5.41, 5.74) is 0.419. The highest BCUT2D eigenvalue weighted by Gasteiger charge is 2.52. The molecule has 1 aliphatic rings. The molecule has 0 N–H and O–H groups in total. The van der Waals surface area contributed by atoms with E-state index in [0.29, 0.717) is 30.8 Å². The van der Waals surface area contributed by atoms with E-state index in [9.17, 15) is 22.8 Å². The summed E-state index contributed by atoms with van der Waals surface area (Å²) in [5.74, 6) is -1.11. The van der Waals surface area contributed by atoms with E-state index in [-0.39, 0.29) is 22.0 Å². The van der Waals surface area contributed by atoms with Gasteiger partial charge in [-0.2, -0.15) is 0 Å². The molecule has 4 rings (SSSR count). The van der Waals surface area contributed by atoms with Crippen molar-refractivity contribution in [2.45, 2.75) is 64.9 Å². The smallest absolute Gasteiger partial charge is 0.494 e. The molecular weight excluding hydrogens is 635 g/mol. The van der Waals surface area contributed by atoms with E-state index in [1.165, 1.54) is 0 Å². The zero-order valence-corrected chi connectivity index (χ0v) is 27.4. The fourth-order valence-corrected chi connectivity index (χ4v) is 5.34. The van der Waals surface area contributed by atoms with Gasteiger partial charge in [-0.25, -0.2) is 9.69 Å². The van der Waals surface area contributed by atoms with Gasteiger partial charge in [0, 0.05) is 12.3 Å². The molecule has 0 atom stereocenters. The lowest BCUT2D eigenvalue weighted by Crippen LogP contribution is -2.48. The van der Waals surface area contributed by atoms with Crippen molar-refractivity contribution in [1.82, 2.24) is 4.98 Å². The number of hydrogen-bond donors (Lipinski definition) is 0. The lowest BCUT2D eigenvalue weighted by Gasteiger charge is -2.29. The van der Waals surface area contributed by atoms with Crippen molar-refractivity contribution in [3.8, 4) is 16.9 Å². The van der Waals surface area contributed by atoms with E-state index in [0.717, 1.165) is 35.1 Å². The van der Waals surface area contributed by atoms with Crippen molar-refractivity contribution in [3.63, 3.8) is 0 Å². The number of nitrogens with zero attached hydrogens (tertiary/aromatic N) is 5. The maximum absolute atomic E-state index is 13.6. The molecule has 0 saturated carbocycles. The Kier molecular flexibility index (Phi) is 10.5. The van der Waals surface area contributed by atoms with Crippen molar-refractivity contribution < 1.29 is 41.5 Å². The van der Waals surface area contributed by atoms with E-state index in [1.54, 1.807) is 51.7 Å². The number of unbranched alkanes of at least 4 members (excludes halogenated alkanes) is 1. The first-order valence-corrected chi connectivity index (χ1v) is 15.1. The van der Waals surface area contributed by atoms with Crippen LogP contribution in [0.3, 0.4) is 0 Å². The molecule has 0 bridgehead atoms. The monoisotopic (exact) mass is 670 g/mol. The molecule has 1 saturated heterocycles. The minimum Gasteiger partial charge on any atom is -0.494 e. The van der Waals surface area contributed by atoms with Gasteiger partial charge in [0.15, 0.2) is 11.3 Å². The van der Waals surface area contributed by atoms with Crippen LogP contribution in [0.4, 0.5) is 30.5 Å². The summed E-state index contributed by atoms with van der Waals surface area (Å²) in [6.45, 7) is 16.5. The van der Waals surface area contributed by atoms with Crippen LogP contribution >= 0.6 is 12.2 Å². The molecule has 3 aromatic rings. The van der Waals surface area contributed by atoms with Gasteiger partial charge in [-0.05, 0) is 107 Å². The van der Waals surface area contributed by atoms with Crippen LogP contribution in [0, 0.1) is 6.57 Å². The number of amides is 1. The van der Waals surface area contributed by atoms with E-state index in [1.807, 2.05) is 36.4 Å².